The van der Waals surface area contributed by atoms with Gasteiger partial charge in [-0.15, -0.1) is 0 Å². The van der Waals surface area contributed by atoms with E-state index in [1.165, 1.54) is 6.07 Å². The maximum absolute atomic E-state index is 13.2. The molecule has 0 spiro atoms. The smallest absolute Gasteiger partial charge is 0.222 e. The van der Waals surface area contributed by atoms with Crippen LogP contribution in [0.25, 0.3) is 10.8 Å². The Hall–Kier alpha value is -1.90. The summed E-state index contributed by atoms with van der Waals surface area (Å²) in [7, 11) is 0. The molecule has 2 aromatic rings. The molecule has 0 radical (unpaired) electrons. The van der Waals surface area contributed by atoms with Crippen LogP contribution in [0.5, 0.6) is 0 Å². The van der Waals surface area contributed by atoms with Crippen molar-refractivity contribution in [1.29, 1.82) is 0 Å². The molecule has 1 fully saturated rings. The van der Waals surface area contributed by atoms with Crippen LogP contribution in [-0.4, -0.2) is 17.4 Å². The Bertz CT molecular complexity index is 652. The Morgan fingerprint density at radius 2 is 2.00 bits per heavy atom. The topological polar surface area (TPSA) is 20.3 Å². The summed E-state index contributed by atoms with van der Waals surface area (Å²) in [6.45, 7) is 2.75. The number of hydrogen-bond acceptors (Lipinski definition) is 1. The average Bonchev–Trinajstić information content (AvgIpc) is 2.95. The zero-order valence-corrected chi connectivity index (χ0v) is 11.6. The first kappa shape index (κ1) is 13.1. The van der Waals surface area contributed by atoms with Gasteiger partial charge in [-0.2, -0.15) is 0 Å². The molecule has 3 heteroatoms. The number of likely N-dealkylation sites (tertiary alicyclic amines) is 1. The molecule has 0 saturated carbocycles. The van der Waals surface area contributed by atoms with Crippen LogP contribution in [0.4, 0.5) is 4.39 Å². The van der Waals surface area contributed by atoms with E-state index in [0.717, 1.165) is 35.7 Å². The third-order valence-corrected chi connectivity index (χ3v) is 4.09. The SMILES string of the molecule is CCC(=O)N1CCCC1c1ccc2cc(F)ccc2c1. The lowest BCUT2D eigenvalue weighted by Gasteiger charge is -2.25. The number of fused-ring (bicyclic) bond motifs is 1. The van der Waals surface area contributed by atoms with Gasteiger partial charge in [0.15, 0.2) is 0 Å². The molecule has 1 heterocycles. The summed E-state index contributed by atoms with van der Waals surface area (Å²) in [6, 6.07) is 11.1. The highest BCUT2D eigenvalue weighted by Crippen LogP contribution is 2.33. The van der Waals surface area contributed by atoms with Crippen molar-refractivity contribution in [3.05, 3.63) is 47.8 Å². The molecule has 104 valence electrons. The summed E-state index contributed by atoms with van der Waals surface area (Å²) in [6.07, 6.45) is 2.62. The van der Waals surface area contributed by atoms with Crippen molar-refractivity contribution in [3.63, 3.8) is 0 Å². The first-order valence-corrected chi connectivity index (χ1v) is 7.17. The number of hydrogen-bond donors (Lipinski definition) is 0. The van der Waals surface area contributed by atoms with Crippen LogP contribution in [0.15, 0.2) is 36.4 Å². The molecule has 1 unspecified atom stereocenters. The van der Waals surface area contributed by atoms with Gasteiger partial charge >= 0.3 is 0 Å². The van der Waals surface area contributed by atoms with Crippen LogP contribution in [0.1, 0.15) is 37.8 Å². The highest BCUT2D eigenvalue weighted by atomic mass is 19.1. The second kappa shape index (κ2) is 5.23. The van der Waals surface area contributed by atoms with Crippen LogP contribution in [0, 0.1) is 5.82 Å². The van der Waals surface area contributed by atoms with E-state index >= 15 is 0 Å². The third kappa shape index (κ3) is 2.28. The summed E-state index contributed by atoms with van der Waals surface area (Å²) >= 11 is 0. The second-order valence-electron chi connectivity index (χ2n) is 5.35. The standard InChI is InChI=1S/C17H18FNO/c1-2-17(20)19-9-3-4-16(19)14-6-5-13-11-15(18)8-7-12(13)10-14/h5-8,10-11,16H,2-4,9H2,1H3. The van der Waals surface area contributed by atoms with Crippen LogP contribution < -0.4 is 0 Å². The third-order valence-electron chi connectivity index (χ3n) is 4.09. The van der Waals surface area contributed by atoms with Gasteiger partial charge in [0.05, 0.1) is 6.04 Å². The van der Waals surface area contributed by atoms with E-state index in [1.54, 1.807) is 12.1 Å². The number of carbonyl (C=O) groups is 1. The van der Waals surface area contributed by atoms with Crippen molar-refractivity contribution in [3.8, 4) is 0 Å². The fraction of sp³-hybridized carbons (Fsp3) is 0.353. The lowest BCUT2D eigenvalue weighted by Crippen LogP contribution is -2.29. The Morgan fingerprint density at radius 1 is 1.25 bits per heavy atom. The van der Waals surface area contributed by atoms with Crippen molar-refractivity contribution in [2.45, 2.75) is 32.2 Å². The van der Waals surface area contributed by atoms with E-state index in [-0.39, 0.29) is 17.8 Å². The molecule has 1 saturated heterocycles. The molecule has 20 heavy (non-hydrogen) atoms. The number of rotatable bonds is 2. The first-order chi connectivity index (χ1) is 9.69. The first-order valence-electron chi connectivity index (χ1n) is 7.17. The predicted molar refractivity (Wildman–Crippen MR) is 77.9 cm³/mol. The van der Waals surface area contributed by atoms with Crippen molar-refractivity contribution in [2.75, 3.05) is 6.54 Å². The van der Waals surface area contributed by atoms with Gasteiger partial charge in [-0.3, -0.25) is 4.79 Å². The largest absolute Gasteiger partial charge is 0.336 e. The quantitative estimate of drug-likeness (QED) is 0.806. The monoisotopic (exact) mass is 271 g/mol. The highest BCUT2D eigenvalue weighted by molar-refractivity contribution is 5.83. The molecule has 0 N–H and O–H groups in total. The van der Waals surface area contributed by atoms with Gasteiger partial charge in [-0.25, -0.2) is 4.39 Å². The highest BCUT2D eigenvalue weighted by Gasteiger charge is 2.28. The van der Waals surface area contributed by atoms with Gasteiger partial charge in [-0.1, -0.05) is 25.1 Å². The van der Waals surface area contributed by atoms with Gasteiger partial charge < -0.3 is 4.90 Å². The number of carbonyl (C=O) groups excluding carboxylic acids is 1. The zero-order chi connectivity index (χ0) is 14.1. The van der Waals surface area contributed by atoms with Crippen molar-refractivity contribution in [1.82, 2.24) is 4.90 Å². The van der Waals surface area contributed by atoms with Crippen molar-refractivity contribution in [2.24, 2.45) is 0 Å². The molecule has 1 atom stereocenters. The molecule has 2 aromatic carbocycles. The normalized spacial score (nSPS) is 18.7. The summed E-state index contributed by atoms with van der Waals surface area (Å²) in [4.78, 5) is 14.0. The van der Waals surface area contributed by atoms with Gasteiger partial charge in [0.1, 0.15) is 5.82 Å². The minimum Gasteiger partial charge on any atom is -0.336 e. The van der Waals surface area contributed by atoms with E-state index in [0.29, 0.717) is 6.42 Å². The molecule has 2 nitrogen and oxygen atoms in total. The van der Waals surface area contributed by atoms with Gasteiger partial charge in [0.2, 0.25) is 5.91 Å². The molecule has 1 aliphatic heterocycles. The molecular formula is C17H18FNO. The molecule has 3 rings (SSSR count). The minimum atomic E-state index is -0.214. The van der Waals surface area contributed by atoms with E-state index in [9.17, 15) is 9.18 Å². The molecule has 1 aliphatic rings. The Labute approximate surface area is 118 Å². The maximum Gasteiger partial charge on any atom is 0.222 e. The molecule has 1 amide bonds. The molecule has 0 bridgehead atoms. The Balaban J connectivity index is 1.97. The molecular weight excluding hydrogens is 253 g/mol. The minimum absolute atomic E-state index is 0.178. The second-order valence-corrected chi connectivity index (χ2v) is 5.35. The summed E-state index contributed by atoms with van der Waals surface area (Å²) < 4.78 is 13.2. The van der Waals surface area contributed by atoms with Crippen LogP contribution in [0.3, 0.4) is 0 Å². The molecule has 0 aromatic heterocycles. The molecule has 0 aliphatic carbocycles. The number of halogens is 1. The van der Waals surface area contributed by atoms with Gasteiger partial charge in [-0.05, 0) is 47.4 Å². The predicted octanol–water partition coefficient (Wildman–Crippen LogP) is 4.05. The van der Waals surface area contributed by atoms with Gasteiger partial charge in [0.25, 0.3) is 0 Å². The summed E-state index contributed by atoms with van der Waals surface area (Å²) in [5.74, 6) is 0.000562. The van der Waals surface area contributed by atoms with Crippen LogP contribution >= 0.6 is 0 Å². The Kier molecular flexibility index (Phi) is 3.43. The lowest BCUT2D eigenvalue weighted by atomic mass is 10.00. The maximum atomic E-state index is 13.2. The van der Waals surface area contributed by atoms with Crippen molar-refractivity contribution >= 4 is 16.7 Å². The lowest BCUT2D eigenvalue weighted by molar-refractivity contribution is -0.131. The fourth-order valence-electron chi connectivity index (χ4n) is 3.06. The van der Waals surface area contributed by atoms with E-state index in [1.807, 2.05) is 24.0 Å². The number of benzene rings is 2. The zero-order valence-electron chi connectivity index (χ0n) is 11.6. The van der Waals surface area contributed by atoms with Crippen LogP contribution in [-0.2, 0) is 4.79 Å². The van der Waals surface area contributed by atoms with E-state index in [4.69, 9.17) is 0 Å². The Morgan fingerprint density at radius 3 is 2.80 bits per heavy atom. The number of amides is 1. The number of nitrogens with zero attached hydrogens (tertiary/aromatic N) is 1. The van der Waals surface area contributed by atoms with Crippen molar-refractivity contribution < 1.29 is 9.18 Å². The van der Waals surface area contributed by atoms with Crippen LogP contribution in [0.2, 0.25) is 0 Å². The fourth-order valence-corrected chi connectivity index (χ4v) is 3.06. The average molecular weight is 271 g/mol. The van der Waals surface area contributed by atoms with E-state index < -0.39 is 0 Å². The summed E-state index contributed by atoms with van der Waals surface area (Å²) in [5.41, 5.74) is 1.16. The summed E-state index contributed by atoms with van der Waals surface area (Å²) in [5, 5.41) is 1.93. The van der Waals surface area contributed by atoms with Gasteiger partial charge in [0, 0.05) is 13.0 Å². The van der Waals surface area contributed by atoms with E-state index in [2.05, 4.69) is 6.07 Å².